The van der Waals surface area contributed by atoms with Gasteiger partial charge in [0.2, 0.25) is 5.88 Å². The summed E-state index contributed by atoms with van der Waals surface area (Å²) >= 11 is 0. The van der Waals surface area contributed by atoms with Crippen molar-refractivity contribution in [3.05, 3.63) is 99.3 Å². The van der Waals surface area contributed by atoms with Crippen molar-refractivity contribution in [1.29, 1.82) is 0 Å². The van der Waals surface area contributed by atoms with Crippen LogP contribution in [-0.2, 0) is 4.79 Å². The van der Waals surface area contributed by atoms with Crippen molar-refractivity contribution in [3.63, 3.8) is 0 Å². The van der Waals surface area contributed by atoms with E-state index in [0.29, 0.717) is 27.8 Å². The van der Waals surface area contributed by atoms with E-state index < -0.39 is 5.91 Å². The molecular weight excluding hydrogens is 430 g/mol. The van der Waals surface area contributed by atoms with Gasteiger partial charge in [0.1, 0.15) is 5.75 Å². The maximum absolute atomic E-state index is 13.1. The van der Waals surface area contributed by atoms with Gasteiger partial charge in [0.15, 0.2) is 6.61 Å². The number of aryl methyl sites for hydroxylation is 3. The summed E-state index contributed by atoms with van der Waals surface area (Å²) in [6.07, 6.45) is 1.33. The molecule has 1 aromatic heterocycles. The van der Waals surface area contributed by atoms with Crippen LogP contribution < -0.4 is 15.7 Å². The molecule has 0 atom stereocenters. The number of hydrogen-bond acceptors (Lipinski definition) is 5. The number of rotatable bonds is 6. The fourth-order valence-electron chi connectivity index (χ4n) is 3.79. The third-order valence-electron chi connectivity index (χ3n) is 5.34. The second kappa shape index (κ2) is 9.62. The molecule has 0 aliphatic rings. The summed E-state index contributed by atoms with van der Waals surface area (Å²) in [6.45, 7) is 5.64. The van der Waals surface area contributed by atoms with Gasteiger partial charge in [0.25, 0.3) is 11.5 Å². The maximum atomic E-state index is 13.1. The minimum atomic E-state index is -0.453. The Morgan fingerprint density at radius 2 is 1.62 bits per heavy atom. The molecule has 7 heteroatoms. The first-order valence-electron chi connectivity index (χ1n) is 10.8. The molecule has 3 aromatic carbocycles. The van der Waals surface area contributed by atoms with Crippen LogP contribution in [0.2, 0.25) is 0 Å². The minimum Gasteiger partial charge on any atom is -0.494 e. The SMILES string of the molecule is Cc1ccc(-n2c(O)c(/C=N/NC(=O)COc3cc(C)cc(C)c3)c3ccccc3c2=O)cc1. The summed E-state index contributed by atoms with van der Waals surface area (Å²) in [5.74, 6) is -0.117. The topological polar surface area (TPSA) is 92.9 Å². The Morgan fingerprint density at radius 3 is 2.29 bits per heavy atom. The molecule has 1 amide bonds. The standard InChI is InChI=1S/C27H25N3O4/c1-17-8-10-20(11-9-17)30-26(32)23-7-5-4-6-22(23)24(27(30)33)15-28-29-25(31)16-34-21-13-18(2)12-19(3)14-21/h4-15,33H,16H2,1-3H3,(H,29,31)/b28-15+. The second-order valence-corrected chi connectivity index (χ2v) is 8.16. The van der Waals surface area contributed by atoms with Crippen LogP contribution in [-0.4, -0.2) is 28.4 Å². The Labute approximate surface area is 196 Å². The van der Waals surface area contributed by atoms with Gasteiger partial charge in [-0.3, -0.25) is 9.59 Å². The van der Waals surface area contributed by atoms with Crippen molar-refractivity contribution in [2.75, 3.05) is 6.61 Å². The summed E-state index contributed by atoms with van der Waals surface area (Å²) in [4.78, 5) is 25.3. The summed E-state index contributed by atoms with van der Waals surface area (Å²) < 4.78 is 6.78. The molecule has 172 valence electrons. The highest BCUT2D eigenvalue weighted by molar-refractivity contribution is 6.02. The van der Waals surface area contributed by atoms with Crippen LogP contribution >= 0.6 is 0 Å². The highest BCUT2D eigenvalue weighted by atomic mass is 16.5. The fourth-order valence-corrected chi connectivity index (χ4v) is 3.79. The number of aromatic nitrogens is 1. The highest BCUT2D eigenvalue weighted by Crippen LogP contribution is 2.26. The first-order valence-corrected chi connectivity index (χ1v) is 10.8. The number of carbonyl (C=O) groups excluding carboxylic acids is 1. The number of benzene rings is 3. The highest BCUT2D eigenvalue weighted by Gasteiger charge is 2.16. The zero-order valence-electron chi connectivity index (χ0n) is 19.2. The molecule has 0 saturated heterocycles. The summed E-state index contributed by atoms with van der Waals surface area (Å²) in [7, 11) is 0. The smallest absolute Gasteiger partial charge is 0.277 e. The molecular formula is C27H25N3O4. The number of hydrazone groups is 1. The van der Waals surface area contributed by atoms with Crippen molar-refractivity contribution < 1.29 is 14.6 Å². The fraction of sp³-hybridized carbons (Fsp3) is 0.148. The van der Waals surface area contributed by atoms with Gasteiger partial charge in [-0.15, -0.1) is 0 Å². The van der Waals surface area contributed by atoms with E-state index >= 15 is 0 Å². The molecule has 4 aromatic rings. The van der Waals surface area contributed by atoms with Crippen LogP contribution in [0.4, 0.5) is 0 Å². The molecule has 0 aliphatic carbocycles. The van der Waals surface area contributed by atoms with E-state index in [-0.39, 0.29) is 18.0 Å². The lowest BCUT2D eigenvalue weighted by molar-refractivity contribution is -0.123. The molecule has 0 aliphatic heterocycles. The number of nitrogens with one attached hydrogen (secondary N) is 1. The lowest BCUT2D eigenvalue weighted by atomic mass is 10.1. The molecule has 0 unspecified atom stereocenters. The van der Waals surface area contributed by atoms with Crippen molar-refractivity contribution in [2.24, 2.45) is 5.10 Å². The molecule has 0 saturated carbocycles. The summed E-state index contributed by atoms with van der Waals surface area (Å²) in [5, 5.41) is 15.9. The molecule has 4 rings (SSSR count). The zero-order valence-corrected chi connectivity index (χ0v) is 19.2. The van der Waals surface area contributed by atoms with Crippen LogP contribution in [0, 0.1) is 20.8 Å². The molecule has 2 N–H and O–H groups in total. The van der Waals surface area contributed by atoms with Crippen LogP contribution in [0.3, 0.4) is 0 Å². The largest absolute Gasteiger partial charge is 0.494 e. The molecule has 1 heterocycles. The van der Waals surface area contributed by atoms with Crippen molar-refractivity contribution >= 4 is 22.9 Å². The van der Waals surface area contributed by atoms with E-state index in [4.69, 9.17) is 4.74 Å². The number of nitrogens with zero attached hydrogens (tertiary/aromatic N) is 2. The number of aromatic hydroxyl groups is 1. The number of fused-ring (bicyclic) bond motifs is 1. The summed E-state index contributed by atoms with van der Waals surface area (Å²) in [6, 6.07) is 19.9. The minimum absolute atomic E-state index is 0.212. The van der Waals surface area contributed by atoms with Crippen LogP contribution in [0.1, 0.15) is 22.3 Å². The Hall–Kier alpha value is -4.39. The monoisotopic (exact) mass is 455 g/mol. The summed E-state index contributed by atoms with van der Waals surface area (Å²) in [5.41, 5.74) is 6.02. The second-order valence-electron chi connectivity index (χ2n) is 8.16. The molecule has 0 spiro atoms. The van der Waals surface area contributed by atoms with Gasteiger partial charge in [-0.25, -0.2) is 9.99 Å². The van der Waals surface area contributed by atoms with E-state index in [1.165, 1.54) is 10.8 Å². The van der Waals surface area contributed by atoms with Gasteiger partial charge in [-0.1, -0.05) is 42.0 Å². The van der Waals surface area contributed by atoms with E-state index in [1.807, 2.05) is 51.1 Å². The van der Waals surface area contributed by atoms with E-state index in [9.17, 15) is 14.7 Å². The van der Waals surface area contributed by atoms with Crippen LogP contribution in [0.25, 0.3) is 16.5 Å². The average molecular weight is 456 g/mol. The van der Waals surface area contributed by atoms with Crippen LogP contribution in [0.5, 0.6) is 11.6 Å². The van der Waals surface area contributed by atoms with Crippen LogP contribution in [0.15, 0.2) is 76.6 Å². The lowest BCUT2D eigenvalue weighted by Crippen LogP contribution is -2.25. The van der Waals surface area contributed by atoms with Gasteiger partial charge in [0, 0.05) is 10.8 Å². The Bertz CT molecular complexity index is 1430. The molecule has 0 bridgehead atoms. The van der Waals surface area contributed by atoms with Crippen molar-refractivity contribution in [3.8, 4) is 17.3 Å². The number of pyridine rings is 1. The Balaban J connectivity index is 1.60. The Kier molecular flexibility index (Phi) is 6.45. The van der Waals surface area contributed by atoms with Gasteiger partial charge in [0.05, 0.1) is 17.5 Å². The van der Waals surface area contributed by atoms with Gasteiger partial charge in [-0.2, -0.15) is 5.10 Å². The van der Waals surface area contributed by atoms with E-state index in [1.54, 1.807) is 36.4 Å². The Morgan fingerprint density at radius 1 is 0.971 bits per heavy atom. The van der Waals surface area contributed by atoms with Crippen molar-refractivity contribution in [1.82, 2.24) is 9.99 Å². The quantitative estimate of drug-likeness (QED) is 0.337. The predicted molar refractivity (Wildman–Crippen MR) is 133 cm³/mol. The average Bonchev–Trinajstić information content (AvgIpc) is 2.80. The number of amides is 1. The van der Waals surface area contributed by atoms with Gasteiger partial charge < -0.3 is 9.84 Å². The normalized spacial score (nSPS) is 11.1. The zero-order chi connectivity index (χ0) is 24.2. The molecule has 7 nitrogen and oxygen atoms in total. The third kappa shape index (κ3) is 4.83. The first kappa shape index (κ1) is 22.8. The van der Waals surface area contributed by atoms with E-state index in [2.05, 4.69) is 10.5 Å². The predicted octanol–water partition coefficient (Wildman–Crippen LogP) is 4.15. The van der Waals surface area contributed by atoms with Gasteiger partial charge >= 0.3 is 0 Å². The van der Waals surface area contributed by atoms with Gasteiger partial charge in [-0.05, 0) is 62.2 Å². The molecule has 0 fully saturated rings. The maximum Gasteiger partial charge on any atom is 0.277 e. The first-order chi connectivity index (χ1) is 16.3. The number of ether oxygens (including phenoxy) is 1. The third-order valence-corrected chi connectivity index (χ3v) is 5.34. The van der Waals surface area contributed by atoms with Crippen molar-refractivity contribution in [2.45, 2.75) is 20.8 Å². The van der Waals surface area contributed by atoms with E-state index in [0.717, 1.165) is 16.7 Å². The molecule has 34 heavy (non-hydrogen) atoms. The number of hydrogen-bond donors (Lipinski definition) is 2. The lowest BCUT2D eigenvalue weighted by Gasteiger charge is -2.14. The number of carbonyl (C=O) groups is 1. The molecule has 0 radical (unpaired) electrons.